The molecule has 1 fully saturated rings. The second-order valence-electron chi connectivity index (χ2n) is 11.8. The van der Waals surface area contributed by atoms with Gasteiger partial charge in [0.15, 0.2) is 6.20 Å². The Morgan fingerprint density at radius 2 is 1.68 bits per heavy atom. The number of aromatic nitrogens is 1. The number of aryl methyl sites for hydroxylation is 2. The Morgan fingerprint density at radius 1 is 0.968 bits per heavy atom. The molecule has 0 amide bonds. The molecule has 3 aromatic rings. The molecule has 1 aromatic heterocycles. The number of hydrogen-bond donors (Lipinski definition) is 0. The highest BCUT2D eigenvalue weighted by molar-refractivity contribution is 6.90. The monoisotopic (exact) mass is 430 g/mol. The molecular weight excluding hydrogens is 390 g/mol. The molecule has 1 nitrogen and oxygen atoms in total. The van der Waals surface area contributed by atoms with Crippen LogP contribution in [0, 0.1) is 12.3 Å². The number of hydrogen-bond acceptors (Lipinski definition) is 0. The number of rotatable bonds is 4. The summed E-state index contributed by atoms with van der Waals surface area (Å²) >= 11 is 0. The first-order valence-corrected chi connectivity index (χ1v) is 15.3. The van der Waals surface area contributed by atoms with E-state index in [0.29, 0.717) is 5.41 Å². The molecule has 0 N–H and O–H groups in total. The lowest BCUT2D eigenvalue weighted by Gasteiger charge is -2.31. The van der Waals surface area contributed by atoms with Gasteiger partial charge in [-0.05, 0) is 65.8 Å². The number of pyridine rings is 1. The second kappa shape index (κ2) is 8.20. The highest BCUT2D eigenvalue weighted by Crippen LogP contribution is 2.37. The van der Waals surface area contributed by atoms with Gasteiger partial charge in [0.05, 0.1) is 13.5 Å². The quantitative estimate of drug-likeness (QED) is 0.303. The van der Waals surface area contributed by atoms with E-state index in [1.54, 1.807) is 5.19 Å². The van der Waals surface area contributed by atoms with E-state index in [9.17, 15) is 0 Å². The van der Waals surface area contributed by atoms with Gasteiger partial charge >= 0.3 is 0 Å². The van der Waals surface area contributed by atoms with Crippen molar-refractivity contribution in [1.82, 2.24) is 0 Å². The molecule has 1 saturated carbocycles. The molecule has 2 heteroatoms. The van der Waals surface area contributed by atoms with Crippen LogP contribution in [0.2, 0.25) is 19.1 Å². The lowest BCUT2D eigenvalue weighted by Crippen LogP contribution is -2.44. The molecule has 4 rings (SSSR count). The predicted molar refractivity (Wildman–Crippen MR) is 138 cm³/mol. The van der Waals surface area contributed by atoms with E-state index in [-0.39, 0.29) is 0 Å². The maximum atomic E-state index is 2.53. The zero-order chi connectivity index (χ0) is 22.4. The molecule has 0 saturated heterocycles. The van der Waals surface area contributed by atoms with Crippen LogP contribution in [0.5, 0.6) is 0 Å². The first-order valence-electron chi connectivity index (χ1n) is 12.1. The normalized spacial score (nSPS) is 15.7. The van der Waals surface area contributed by atoms with E-state index in [0.717, 1.165) is 5.92 Å². The summed E-state index contributed by atoms with van der Waals surface area (Å²) in [5.41, 5.74) is 6.03. The van der Waals surface area contributed by atoms with E-state index in [1.165, 1.54) is 64.9 Å². The summed E-state index contributed by atoms with van der Waals surface area (Å²) in [4.78, 5) is 0. The molecule has 0 unspecified atom stereocenters. The van der Waals surface area contributed by atoms with Gasteiger partial charge in [0.2, 0.25) is 5.69 Å². The Hall–Kier alpha value is -1.93. The first kappa shape index (κ1) is 22.3. The van der Waals surface area contributed by atoms with Crippen LogP contribution in [-0.4, -0.2) is 8.07 Å². The summed E-state index contributed by atoms with van der Waals surface area (Å²) in [6.07, 6.45) is 7.71. The Balaban J connectivity index is 1.82. The summed E-state index contributed by atoms with van der Waals surface area (Å²) in [5, 5.41) is 4.33. The first-order chi connectivity index (χ1) is 14.5. The highest BCUT2D eigenvalue weighted by atomic mass is 28.3. The molecular formula is C29H40NSi+. The topological polar surface area (TPSA) is 3.88 Å². The van der Waals surface area contributed by atoms with Crippen LogP contribution in [0.25, 0.3) is 22.0 Å². The van der Waals surface area contributed by atoms with Crippen molar-refractivity contribution in [3.05, 3.63) is 59.8 Å². The molecule has 31 heavy (non-hydrogen) atoms. The fourth-order valence-electron chi connectivity index (χ4n) is 5.96. The third-order valence-electron chi connectivity index (χ3n) is 7.23. The lowest BCUT2D eigenvalue weighted by molar-refractivity contribution is -0.659. The Morgan fingerprint density at radius 3 is 2.35 bits per heavy atom. The average molecular weight is 431 g/mol. The average Bonchev–Trinajstić information content (AvgIpc) is 3.21. The van der Waals surface area contributed by atoms with E-state index in [4.69, 9.17) is 0 Å². The zero-order valence-corrected chi connectivity index (χ0v) is 21.7. The minimum absolute atomic E-state index is 0.372. The molecule has 0 spiro atoms. The zero-order valence-electron chi connectivity index (χ0n) is 20.7. The lowest BCUT2D eigenvalue weighted by atomic mass is 9.91. The molecule has 0 atom stereocenters. The van der Waals surface area contributed by atoms with Gasteiger partial charge in [-0.15, -0.1) is 0 Å². The van der Waals surface area contributed by atoms with Crippen LogP contribution in [0.15, 0.2) is 48.7 Å². The van der Waals surface area contributed by atoms with Crippen LogP contribution in [0.3, 0.4) is 0 Å². The van der Waals surface area contributed by atoms with Crippen molar-refractivity contribution in [2.75, 3.05) is 0 Å². The van der Waals surface area contributed by atoms with E-state index in [2.05, 4.69) is 101 Å². The van der Waals surface area contributed by atoms with Crippen molar-refractivity contribution in [3.63, 3.8) is 0 Å². The van der Waals surface area contributed by atoms with Gasteiger partial charge in [0, 0.05) is 11.6 Å². The van der Waals surface area contributed by atoms with E-state index < -0.39 is 8.07 Å². The van der Waals surface area contributed by atoms with Crippen LogP contribution in [0.4, 0.5) is 0 Å². The summed E-state index contributed by atoms with van der Waals surface area (Å²) in [7, 11) is 0.710. The summed E-state index contributed by atoms with van der Waals surface area (Å²) in [5.74, 6) is 0.746. The Kier molecular flexibility index (Phi) is 5.89. The minimum atomic E-state index is -1.49. The van der Waals surface area contributed by atoms with Crippen LogP contribution in [0.1, 0.15) is 63.5 Å². The fourth-order valence-corrected chi connectivity index (χ4v) is 9.90. The van der Waals surface area contributed by atoms with Crippen LogP contribution < -0.4 is 9.75 Å². The summed E-state index contributed by atoms with van der Waals surface area (Å²) in [6.45, 7) is 14.4. The smallest absolute Gasteiger partial charge is 0.200 e. The molecule has 0 radical (unpaired) electrons. The molecule has 164 valence electrons. The highest BCUT2D eigenvalue weighted by Gasteiger charge is 2.30. The number of fused-ring (bicyclic) bond motifs is 1. The molecule has 1 aliphatic rings. The molecule has 0 bridgehead atoms. The van der Waals surface area contributed by atoms with Gasteiger partial charge in [-0.25, -0.2) is 4.57 Å². The minimum Gasteiger partial charge on any atom is -0.200 e. The van der Waals surface area contributed by atoms with Crippen molar-refractivity contribution in [2.24, 2.45) is 12.5 Å². The van der Waals surface area contributed by atoms with Crippen molar-refractivity contribution < 1.29 is 4.57 Å². The van der Waals surface area contributed by atoms with Gasteiger partial charge in [0.1, 0.15) is 7.05 Å². The molecule has 1 aliphatic carbocycles. The van der Waals surface area contributed by atoms with E-state index >= 15 is 0 Å². The van der Waals surface area contributed by atoms with Gasteiger partial charge in [-0.1, -0.05) is 76.2 Å². The van der Waals surface area contributed by atoms with Crippen molar-refractivity contribution in [2.45, 2.75) is 78.4 Å². The van der Waals surface area contributed by atoms with Gasteiger partial charge < -0.3 is 0 Å². The van der Waals surface area contributed by atoms with Crippen molar-refractivity contribution >= 4 is 24.0 Å². The standard InChI is InChI=1S/C29H40NSi/c1-21-12-13-23(22-10-8-9-11-22)19-27(21)28-26-15-14-25(18-24(26)16-17-30(28)5)31(6,7)20-29(2,3)4/h12-19,22H,8-11,20H2,1-7H3/q+1. The Bertz CT molecular complexity index is 1100. The maximum absolute atomic E-state index is 2.53. The molecule has 0 aliphatic heterocycles. The third-order valence-corrected chi connectivity index (χ3v) is 11.1. The number of benzene rings is 2. The summed E-state index contributed by atoms with van der Waals surface area (Å²) in [6, 6.07) is 18.1. The Labute approximate surface area is 190 Å². The van der Waals surface area contributed by atoms with Gasteiger partial charge in [-0.3, -0.25) is 0 Å². The van der Waals surface area contributed by atoms with Crippen molar-refractivity contribution in [1.29, 1.82) is 0 Å². The third kappa shape index (κ3) is 4.65. The van der Waals surface area contributed by atoms with Crippen LogP contribution in [-0.2, 0) is 7.05 Å². The van der Waals surface area contributed by atoms with Crippen LogP contribution >= 0.6 is 0 Å². The SMILES string of the molecule is Cc1ccc(C2CCCC2)cc1-c1c2ccc([Si](C)(C)CC(C)(C)C)cc2cc[n+]1C. The van der Waals surface area contributed by atoms with E-state index in [1.807, 2.05) is 0 Å². The molecule has 1 heterocycles. The van der Waals surface area contributed by atoms with Gasteiger partial charge in [-0.2, -0.15) is 0 Å². The van der Waals surface area contributed by atoms with Gasteiger partial charge in [0.25, 0.3) is 0 Å². The molecule has 2 aromatic carbocycles. The van der Waals surface area contributed by atoms with Crippen molar-refractivity contribution in [3.8, 4) is 11.3 Å². The second-order valence-corrected chi connectivity index (χ2v) is 16.5. The number of nitrogens with zero attached hydrogens (tertiary/aromatic N) is 1. The maximum Gasteiger partial charge on any atom is 0.220 e. The fraction of sp³-hybridized carbons (Fsp3) is 0.483. The largest absolute Gasteiger partial charge is 0.220 e. The summed E-state index contributed by atoms with van der Waals surface area (Å²) < 4.78 is 2.32. The predicted octanol–water partition coefficient (Wildman–Crippen LogP) is 7.26.